The van der Waals surface area contributed by atoms with Crippen LogP contribution in [0, 0.1) is 6.92 Å². The van der Waals surface area contributed by atoms with Gasteiger partial charge in [-0.05, 0) is 55.7 Å². The lowest BCUT2D eigenvalue weighted by molar-refractivity contribution is -0.119. The number of rotatable bonds is 7. The first-order chi connectivity index (χ1) is 18.3. The molecule has 3 aromatic carbocycles. The van der Waals surface area contributed by atoms with Crippen molar-refractivity contribution in [1.82, 2.24) is 9.29 Å². The molecule has 1 aliphatic heterocycles. The van der Waals surface area contributed by atoms with E-state index in [1.165, 1.54) is 21.7 Å². The molecule has 5 rings (SSSR count). The molecule has 1 N–H and O–H groups in total. The van der Waals surface area contributed by atoms with Gasteiger partial charge in [0.2, 0.25) is 10.0 Å². The third kappa shape index (κ3) is 5.47. The lowest BCUT2D eigenvalue weighted by atomic mass is 10.1. The van der Waals surface area contributed by atoms with E-state index in [0.717, 1.165) is 29.5 Å². The Morgan fingerprint density at radius 1 is 1.00 bits per heavy atom. The maximum absolute atomic E-state index is 13.2. The minimum absolute atomic E-state index is 0.166. The Hall–Kier alpha value is -3.60. The summed E-state index contributed by atoms with van der Waals surface area (Å²) in [5.41, 5.74) is 2.71. The van der Waals surface area contributed by atoms with Gasteiger partial charge in [-0.15, -0.1) is 11.3 Å². The number of thiazole rings is 1. The van der Waals surface area contributed by atoms with Crippen molar-refractivity contribution in [2.24, 2.45) is 0 Å². The molecule has 1 saturated heterocycles. The number of esters is 1. The first-order valence-electron chi connectivity index (χ1n) is 12.4. The summed E-state index contributed by atoms with van der Waals surface area (Å²) in [4.78, 5) is 30.3. The highest BCUT2D eigenvalue weighted by atomic mass is 32.2. The molecule has 1 aromatic heterocycles. The van der Waals surface area contributed by atoms with Crippen molar-refractivity contribution in [3.63, 3.8) is 0 Å². The fraction of sp³-hybridized carbons (Fsp3) is 0.250. The summed E-state index contributed by atoms with van der Waals surface area (Å²) in [5, 5.41) is 3.33. The number of amides is 1. The number of aromatic nitrogens is 1. The van der Waals surface area contributed by atoms with Gasteiger partial charge in [-0.3, -0.25) is 4.79 Å². The number of hydrogen-bond donors (Lipinski definition) is 1. The van der Waals surface area contributed by atoms with Crippen LogP contribution in [0.2, 0.25) is 0 Å². The van der Waals surface area contributed by atoms with E-state index in [4.69, 9.17) is 4.74 Å². The zero-order chi connectivity index (χ0) is 26.7. The molecule has 0 unspecified atom stereocenters. The molecule has 1 amide bonds. The number of carbonyl (C=O) groups excluding carboxylic acids is 2. The van der Waals surface area contributed by atoms with Gasteiger partial charge in [-0.25, -0.2) is 18.2 Å². The van der Waals surface area contributed by atoms with Crippen LogP contribution in [0.4, 0.5) is 5.69 Å². The number of piperidine rings is 1. The SMILES string of the molecule is Cc1ccc(NC(=O)COC(=O)c2ccccc2-c2nc3ccccc3s2)cc1S(=O)(=O)N1CCCCC1. The number of para-hydroxylation sites is 1. The number of carbonyl (C=O) groups is 2. The summed E-state index contributed by atoms with van der Waals surface area (Å²) in [6.07, 6.45) is 2.69. The van der Waals surface area contributed by atoms with Crippen molar-refractivity contribution >= 4 is 49.1 Å². The highest BCUT2D eigenvalue weighted by Crippen LogP contribution is 2.32. The predicted molar refractivity (Wildman–Crippen MR) is 148 cm³/mol. The minimum Gasteiger partial charge on any atom is -0.452 e. The van der Waals surface area contributed by atoms with Crippen molar-refractivity contribution in [1.29, 1.82) is 0 Å². The van der Waals surface area contributed by atoms with Gasteiger partial charge in [0, 0.05) is 24.3 Å². The number of sulfonamides is 1. The first kappa shape index (κ1) is 26.0. The zero-order valence-corrected chi connectivity index (χ0v) is 22.5. The number of nitrogens with one attached hydrogen (secondary N) is 1. The van der Waals surface area contributed by atoms with E-state index in [-0.39, 0.29) is 4.90 Å². The predicted octanol–water partition coefficient (Wildman–Crippen LogP) is 5.24. The molecule has 8 nitrogen and oxygen atoms in total. The largest absolute Gasteiger partial charge is 0.452 e. The molecular weight excluding hydrogens is 522 g/mol. The molecule has 0 bridgehead atoms. The van der Waals surface area contributed by atoms with Crippen molar-refractivity contribution < 1.29 is 22.7 Å². The van der Waals surface area contributed by atoms with E-state index < -0.39 is 28.5 Å². The van der Waals surface area contributed by atoms with E-state index in [0.29, 0.717) is 40.5 Å². The van der Waals surface area contributed by atoms with Gasteiger partial charge in [0.05, 0.1) is 20.7 Å². The molecule has 0 radical (unpaired) electrons. The Labute approximate surface area is 225 Å². The molecule has 1 aliphatic rings. The van der Waals surface area contributed by atoms with Crippen molar-refractivity contribution in [2.75, 3.05) is 25.0 Å². The average Bonchev–Trinajstić information content (AvgIpc) is 3.37. The van der Waals surface area contributed by atoms with E-state index in [2.05, 4.69) is 10.3 Å². The van der Waals surface area contributed by atoms with Gasteiger partial charge in [0.1, 0.15) is 5.01 Å². The van der Waals surface area contributed by atoms with Crippen LogP contribution in [-0.2, 0) is 19.6 Å². The van der Waals surface area contributed by atoms with Gasteiger partial charge in [-0.2, -0.15) is 4.31 Å². The van der Waals surface area contributed by atoms with Crippen LogP contribution in [0.1, 0.15) is 35.2 Å². The zero-order valence-electron chi connectivity index (χ0n) is 20.8. The third-order valence-corrected chi connectivity index (χ3v) is 9.52. The lowest BCUT2D eigenvalue weighted by Crippen LogP contribution is -2.36. The van der Waals surface area contributed by atoms with Crippen LogP contribution in [0.25, 0.3) is 20.8 Å². The average molecular weight is 550 g/mol. The summed E-state index contributed by atoms with van der Waals surface area (Å²) >= 11 is 1.47. The molecule has 0 atom stereocenters. The second-order valence-corrected chi connectivity index (χ2v) is 12.0. The molecule has 0 spiro atoms. The number of nitrogens with zero attached hydrogens (tertiary/aromatic N) is 2. The summed E-state index contributed by atoms with van der Waals surface area (Å²) in [6, 6.07) is 19.5. The van der Waals surface area contributed by atoms with Crippen molar-refractivity contribution in [2.45, 2.75) is 31.1 Å². The summed E-state index contributed by atoms with van der Waals surface area (Å²) < 4.78 is 34.1. The Balaban J connectivity index is 1.27. The number of fused-ring (bicyclic) bond motifs is 1. The highest BCUT2D eigenvalue weighted by Gasteiger charge is 2.28. The van der Waals surface area contributed by atoms with Gasteiger partial charge in [-0.1, -0.05) is 42.8 Å². The van der Waals surface area contributed by atoms with E-state index in [9.17, 15) is 18.0 Å². The number of anilines is 1. The maximum Gasteiger partial charge on any atom is 0.339 e. The Kier molecular flexibility index (Phi) is 7.55. The van der Waals surface area contributed by atoms with Crippen LogP contribution in [-0.4, -0.2) is 49.3 Å². The van der Waals surface area contributed by atoms with Crippen LogP contribution < -0.4 is 5.32 Å². The third-order valence-electron chi connectivity index (χ3n) is 6.41. The Morgan fingerprint density at radius 2 is 1.74 bits per heavy atom. The maximum atomic E-state index is 13.2. The Morgan fingerprint density at radius 3 is 2.53 bits per heavy atom. The quantitative estimate of drug-likeness (QED) is 0.316. The molecule has 0 saturated carbocycles. The normalized spacial score (nSPS) is 14.3. The van der Waals surface area contributed by atoms with Gasteiger partial charge >= 0.3 is 5.97 Å². The second-order valence-electron chi connectivity index (χ2n) is 9.10. The number of ether oxygens (including phenoxy) is 1. The van der Waals surface area contributed by atoms with Gasteiger partial charge in [0.25, 0.3) is 5.91 Å². The van der Waals surface area contributed by atoms with Crippen molar-refractivity contribution in [3.8, 4) is 10.6 Å². The topological polar surface area (TPSA) is 106 Å². The minimum atomic E-state index is -3.66. The van der Waals surface area contributed by atoms with Gasteiger partial charge in [0.15, 0.2) is 6.61 Å². The highest BCUT2D eigenvalue weighted by molar-refractivity contribution is 7.89. The van der Waals surface area contributed by atoms with Crippen LogP contribution in [0.3, 0.4) is 0 Å². The summed E-state index contributed by atoms with van der Waals surface area (Å²) in [7, 11) is -3.66. The summed E-state index contributed by atoms with van der Waals surface area (Å²) in [5.74, 6) is -1.21. The summed E-state index contributed by atoms with van der Waals surface area (Å²) in [6.45, 7) is 2.20. The van der Waals surface area contributed by atoms with Crippen LogP contribution in [0.5, 0.6) is 0 Å². The lowest BCUT2D eigenvalue weighted by Gasteiger charge is -2.26. The fourth-order valence-electron chi connectivity index (χ4n) is 4.44. The molecular formula is C28H27N3O5S2. The number of hydrogen-bond acceptors (Lipinski definition) is 7. The smallest absolute Gasteiger partial charge is 0.339 e. The van der Waals surface area contributed by atoms with E-state index in [1.54, 1.807) is 37.3 Å². The molecule has 196 valence electrons. The first-order valence-corrected chi connectivity index (χ1v) is 14.6. The molecule has 1 fully saturated rings. The van der Waals surface area contributed by atoms with E-state index >= 15 is 0 Å². The van der Waals surface area contributed by atoms with Crippen molar-refractivity contribution in [3.05, 3.63) is 77.9 Å². The number of aryl methyl sites for hydroxylation is 1. The second kappa shape index (κ2) is 11.0. The molecule has 10 heteroatoms. The van der Waals surface area contributed by atoms with Crippen LogP contribution >= 0.6 is 11.3 Å². The molecule has 2 heterocycles. The fourth-order valence-corrected chi connectivity index (χ4v) is 7.21. The van der Waals surface area contributed by atoms with E-state index in [1.807, 2.05) is 30.3 Å². The van der Waals surface area contributed by atoms with Gasteiger partial charge < -0.3 is 10.1 Å². The Bertz CT molecular complexity index is 1570. The molecule has 38 heavy (non-hydrogen) atoms. The standard InChI is InChI=1S/C28H27N3O5S2/c1-19-13-14-20(17-25(19)38(34,35)31-15-7-2-8-16-31)29-26(32)18-36-28(33)22-10-4-3-9-21(22)27-30-23-11-5-6-12-24(23)37-27/h3-6,9-14,17H,2,7-8,15-16,18H2,1H3,(H,29,32). The molecule has 0 aliphatic carbocycles. The monoisotopic (exact) mass is 549 g/mol. The molecule has 4 aromatic rings. The number of benzene rings is 3. The van der Waals surface area contributed by atoms with Crippen LogP contribution in [0.15, 0.2) is 71.6 Å².